The van der Waals surface area contributed by atoms with Crippen LogP contribution in [0.25, 0.3) is 10.9 Å². The fourth-order valence-electron chi connectivity index (χ4n) is 6.42. The Morgan fingerprint density at radius 3 is 2.68 bits per heavy atom. The van der Waals surface area contributed by atoms with E-state index < -0.39 is 35.5 Å². The number of nitrogens with zero attached hydrogens (tertiary/aromatic N) is 1. The highest BCUT2D eigenvalue weighted by Crippen LogP contribution is 2.43. The van der Waals surface area contributed by atoms with Crippen molar-refractivity contribution < 1.29 is 32.7 Å². The van der Waals surface area contributed by atoms with Crippen molar-refractivity contribution in [1.82, 2.24) is 20.5 Å². The summed E-state index contributed by atoms with van der Waals surface area (Å²) in [7, 11) is 1.33. The van der Waals surface area contributed by atoms with E-state index >= 15 is 0 Å². The molecule has 11 heteroatoms. The van der Waals surface area contributed by atoms with Crippen molar-refractivity contribution in [1.29, 1.82) is 0 Å². The summed E-state index contributed by atoms with van der Waals surface area (Å²) in [6.45, 7) is 2.60. The molecule has 9 nitrogen and oxygen atoms in total. The summed E-state index contributed by atoms with van der Waals surface area (Å²) in [4.78, 5) is 56.4. The van der Waals surface area contributed by atoms with Crippen LogP contribution in [-0.2, 0) is 14.4 Å². The Morgan fingerprint density at radius 2 is 2.00 bits per heavy atom. The summed E-state index contributed by atoms with van der Waals surface area (Å²) < 4.78 is 33.7. The molecule has 3 fully saturated rings. The van der Waals surface area contributed by atoms with E-state index in [0.29, 0.717) is 19.5 Å². The summed E-state index contributed by atoms with van der Waals surface area (Å²) >= 11 is 0. The highest BCUT2D eigenvalue weighted by molar-refractivity contribution is 6.02. The molecule has 2 aromatic rings. The first-order valence-electron chi connectivity index (χ1n) is 13.2. The van der Waals surface area contributed by atoms with Crippen molar-refractivity contribution in [2.45, 2.75) is 57.5 Å². The van der Waals surface area contributed by atoms with Gasteiger partial charge in [0.1, 0.15) is 17.5 Å². The number of Topliss-reactive ketones (excluding diaryl/α,β-unsaturated/α-hetero) is 1. The second-order valence-corrected chi connectivity index (χ2v) is 10.5. The van der Waals surface area contributed by atoms with Gasteiger partial charge in [0.05, 0.1) is 18.7 Å². The van der Waals surface area contributed by atoms with Crippen LogP contribution >= 0.6 is 0 Å². The second kappa shape index (κ2) is 10.3. The van der Waals surface area contributed by atoms with Crippen molar-refractivity contribution in [3.63, 3.8) is 0 Å². The number of carbonyl (C=O) groups excluding carboxylic acids is 4. The van der Waals surface area contributed by atoms with Gasteiger partial charge in [-0.15, -0.1) is 0 Å². The third-order valence-electron chi connectivity index (χ3n) is 8.38. The largest absolute Gasteiger partial charge is 0.496 e. The molecular weight excluding hydrogens is 498 g/mol. The van der Waals surface area contributed by atoms with Gasteiger partial charge in [-0.25, -0.2) is 8.78 Å². The van der Waals surface area contributed by atoms with Gasteiger partial charge in [0.2, 0.25) is 11.8 Å². The number of amides is 3. The zero-order valence-electron chi connectivity index (χ0n) is 21.4. The van der Waals surface area contributed by atoms with E-state index in [9.17, 15) is 28.0 Å². The molecule has 5 unspecified atom stereocenters. The standard InChI is InChI=1S/C27H32F2N4O5/c1-3-20(34)18(9-13-7-8-30-25(13)35)32-26(36)24-15-6-4-5-14(15)12-33(24)27(37)19-10-16-21(38-2)11-17(28)22(29)23(16)31-19/h10-11,13-15,18,24,31H,3-9,12H2,1-2H3,(H,30,35)(H,32,36). The number of methoxy groups -OCH3 is 1. The number of ketones is 1. The molecule has 1 aromatic heterocycles. The van der Waals surface area contributed by atoms with Crippen molar-refractivity contribution in [3.8, 4) is 5.75 Å². The van der Waals surface area contributed by atoms with E-state index in [-0.39, 0.29) is 64.6 Å². The minimum absolute atomic E-state index is 0.0179. The van der Waals surface area contributed by atoms with E-state index in [2.05, 4.69) is 15.6 Å². The first-order chi connectivity index (χ1) is 18.2. The average molecular weight is 531 g/mol. The number of likely N-dealkylation sites (tertiary alicyclic amines) is 1. The van der Waals surface area contributed by atoms with Crippen LogP contribution in [0.5, 0.6) is 5.75 Å². The minimum Gasteiger partial charge on any atom is -0.496 e. The third kappa shape index (κ3) is 4.52. The maximum Gasteiger partial charge on any atom is 0.271 e. The lowest BCUT2D eigenvalue weighted by Gasteiger charge is -2.29. The number of carbonyl (C=O) groups is 4. The second-order valence-electron chi connectivity index (χ2n) is 10.5. The van der Waals surface area contributed by atoms with E-state index in [1.807, 2.05) is 0 Å². The highest BCUT2D eigenvalue weighted by atomic mass is 19.2. The molecule has 1 saturated carbocycles. The molecule has 3 heterocycles. The molecule has 3 aliphatic rings. The minimum atomic E-state index is -1.12. The topological polar surface area (TPSA) is 121 Å². The van der Waals surface area contributed by atoms with Crippen LogP contribution < -0.4 is 15.4 Å². The number of rotatable bonds is 8. The molecule has 2 aliphatic heterocycles. The lowest BCUT2D eigenvalue weighted by molar-refractivity contribution is -0.132. The fourth-order valence-corrected chi connectivity index (χ4v) is 6.42. The van der Waals surface area contributed by atoms with Gasteiger partial charge >= 0.3 is 0 Å². The summed E-state index contributed by atoms with van der Waals surface area (Å²) in [5.74, 6) is -3.67. The van der Waals surface area contributed by atoms with Crippen LogP contribution in [0.3, 0.4) is 0 Å². The summed E-state index contributed by atoms with van der Waals surface area (Å²) in [6.07, 6.45) is 3.60. The third-order valence-corrected chi connectivity index (χ3v) is 8.38. The van der Waals surface area contributed by atoms with E-state index in [1.165, 1.54) is 18.1 Å². The fraction of sp³-hybridized carbons (Fsp3) is 0.556. The van der Waals surface area contributed by atoms with Gasteiger partial charge in [0, 0.05) is 36.9 Å². The van der Waals surface area contributed by atoms with Crippen molar-refractivity contribution in [2.24, 2.45) is 17.8 Å². The molecule has 0 bridgehead atoms. The summed E-state index contributed by atoms with van der Waals surface area (Å²) in [5, 5.41) is 5.85. The zero-order chi connectivity index (χ0) is 27.1. The lowest BCUT2D eigenvalue weighted by atomic mass is 9.91. The Morgan fingerprint density at radius 1 is 1.21 bits per heavy atom. The zero-order valence-corrected chi connectivity index (χ0v) is 21.4. The number of ether oxygens (including phenoxy) is 1. The van der Waals surface area contributed by atoms with Crippen LogP contribution in [0.2, 0.25) is 0 Å². The number of fused-ring (bicyclic) bond motifs is 2. The normalized spacial score (nSPS) is 25.4. The molecule has 2 saturated heterocycles. The number of halogens is 2. The van der Waals surface area contributed by atoms with Crippen molar-refractivity contribution in [3.05, 3.63) is 29.5 Å². The Labute approximate surface area is 218 Å². The van der Waals surface area contributed by atoms with Crippen LogP contribution in [0.1, 0.15) is 55.9 Å². The van der Waals surface area contributed by atoms with Gasteiger partial charge < -0.3 is 25.3 Å². The Bertz CT molecular complexity index is 1290. The molecule has 5 rings (SSSR count). The van der Waals surface area contributed by atoms with Crippen LogP contribution in [0.15, 0.2) is 12.1 Å². The number of hydrogen-bond acceptors (Lipinski definition) is 5. The monoisotopic (exact) mass is 530 g/mol. The number of benzene rings is 1. The highest BCUT2D eigenvalue weighted by Gasteiger charge is 2.50. The van der Waals surface area contributed by atoms with Crippen molar-refractivity contribution in [2.75, 3.05) is 20.2 Å². The van der Waals surface area contributed by atoms with Crippen LogP contribution in [-0.4, -0.2) is 65.7 Å². The first-order valence-corrected chi connectivity index (χ1v) is 13.2. The SMILES string of the molecule is CCC(=O)C(CC1CCNC1=O)NC(=O)C1C2CCCC2CN1C(=O)c1cc2c(OC)cc(F)c(F)c2[nH]1. The Balaban J connectivity index is 1.42. The number of aromatic nitrogens is 1. The van der Waals surface area contributed by atoms with Gasteiger partial charge in [-0.3, -0.25) is 19.2 Å². The molecule has 204 valence electrons. The van der Waals surface area contributed by atoms with Crippen LogP contribution in [0, 0.1) is 29.4 Å². The van der Waals surface area contributed by atoms with Crippen LogP contribution in [0.4, 0.5) is 8.78 Å². The Kier molecular flexibility index (Phi) is 7.11. The lowest BCUT2D eigenvalue weighted by Crippen LogP contribution is -2.53. The van der Waals surface area contributed by atoms with Gasteiger partial charge in [-0.05, 0) is 43.6 Å². The summed E-state index contributed by atoms with van der Waals surface area (Å²) in [5.41, 5.74) is -0.168. The van der Waals surface area contributed by atoms with Gasteiger partial charge in [0.15, 0.2) is 17.4 Å². The molecule has 38 heavy (non-hydrogen) atoms. The number of aromatic amines is 1. The number of H-pyrrole nitrogens is 1. The Hall–Kier alpha value is -3.50. The van der Waals surface area contributed by atoms with E-state index in [1.54, 1.807) is 6.92 Å². The molecule has 0 spiro atoms. The smallest absolute Gasteiger partial charge is 0.271 e. The van der Waals surface area contributed by atoms with Gasteiger partial charge in [-0.2, -0.15) is 0 Å². The average Bonchev–Trinajstić information content (AvgIpc) is 3.69. The van der Waals surface area contributed by atoms with Gasteiger partial charge in [-0.1, -0.05) is 13.3 Å². The molecule has 3 N–H and O–H groups in total. The first kappa shape index (κ1) is 26.1. The summed E-state index contributed by atoms with van der Waals surface area (Å²) in [6, 6.07) is 0.693. The molecule has 1 aromatic carbocycles. The van der Waals surface area contributed by atoms with Gasteiger partial charge in [0.25, 0.3) is 5.91 Å². The molecule has 3 amide bonds. The van der Waals surface area contributed by atoms with E-state index in [0.717, 1.165) is 25.3 Å². The quantitative estimate of drug-likeness (QED) is 0.485. The maximum absolute atomic E-state index is 14.5. The van der Waals surface area contributed by atoms with Crippen molar-refractivity contribution >= 4 is 34.4 Å². The van der Waals surface area contributed by atoms with E-state index in [4.69, 9.17) is 4.74 Å². The molecule has 0 radical (unpaired) electrons. The predicted molar refractivity (Wildman–Crippen MR) is 133 cm³/mol. The maximum atomic E-state index is 14.5. The molecule has 5 atom stereocenters. The molecular formula is C27H32F2N4O5. The molecule has 1 aliphatic carbocycles. The number of nitrogens with one attached hydrogen (secondary N) is 3. The number of hydrogen-bond donors (Lipinski definition) is 3. The predicted octanol–water partition coefficient (Wildman–Crippen LogP) is 2.69.